The van der Waals surface area contributed by atoms with Crippen LogP contribution in [0.4, 0.5) is 4.39 Å². The highest BCUT2D eigenvalue weighted by Crippen LogP contribution is 2.64. The molecule has 2 heterocycles. The minimum absolute atomic E-state index is 0.0809. The molecule has 4 atom stereocenters. The van der Waals surface area contributed by atoms with Crippen LogP contribution in [-0.2, 0) is 9.84 Å². The number of nitrogens with zero attached hydrogens (tertiary/aromatic N) is 3. The first-order valence-electron chi connectivity index (χ1n) is 13.5. The summed E-state index contributed by atoms with van der Waals surface area (Å²) >= 11 is 0. The number of benzene rings is 2. The maximum Gasteiger partial charge on any atom is 0.178 e. The minimum Gasteiger partial charge on any atom is -0.392 e. The number of fused-ring (bicyclic) bond motifs is 3. The smallest absolute Gasteiger partial charge is 0.178 e. The van der Waals surface area contributed by atoms with E-state index in [0.29, 0.717) is 23.5 Å². The third-order valence-corrected chi connectivity index (χ3v) is 11.9. The second-order valence-electron chi connectivity index (χ2n) is 12.1. The van der Waals surface area contributed by atoms with Crippen LogP contribution in [-0.4, -0.2) is 34.9 Å². The molecule has 5 aliphatic rings. The van der Waals surface area contributed by atoms with Crippen molar-refractivity contribution in [3.63, 3.8) is 0 Å². The second-order valence-corrected chi connectivity index (χ2v) is 14.1. The molecule has 0 radical (unpaired) electrons. The molecule has 196 valence electrons. The van der Waals surface area contributed by atoms with E-state index in [9.17, 15) is 17.9 Å². The third kappa shape index (κ3) is 3.59. The first-order chi connectivity index (χ1) is 18.3. The molecular weight excluding hydrogens is 501 g/mol. The number of halogens is 1. The summed E-state index contributed by atoms with van der Waals surface area (Å²) in [5.41, 5.74) is 2.57. The molecule has 1 N–H and O–H groups in total. The monoisotopic (exact) mass is 531 g/mol. The van der Waals surface area contributed by atoms with E-state index < -0.39 is 15.9 Å². The molecule has 8 rings (SSSR count). The standard InChI is InChI=1S/C30H30FN3O3S/c31-25-3-1-2-23-27-15-33-17-34(27)26(29(23)25)10-28(35)30-11-19-8-20(12-30)24(21(9-19)13-30)16-38(36,37)22-6-4-18(14-32)5-7-22/h1-7,15,17,19-21,24,26,28,35H,8-13,16H2. The van der Waals surface area contributed by atoms with Gasteiger partial charge in [0.15, 0.2) is 9.84 Å². The fourth-order valence-corrected chi connectivity index (χ4v) is 10.4. The van der Waals surface area contributed by atoms with E-state index in [2.05, 4.69) is 4.98 Å². The highest BCUT2D eigenvalue weighted by Gasteiger charge is 2.58. The number of imidazole rings is 1. The number of rotatable bonds is 6. The molecule has 6 nitrogen and oxygen atoms in total. The van der Waals surface area contributed by atoms with Crippen molar-refractivity contribution in [2.75, 3.05) is 5.75 Å². The van der Waals surface area contributed by atoms with Crippen LogP contribution in [0.3, 0.4) is 0 Å². The summed E-state index contributed by atoms with van der Waals surface area (Å²) < 4.78 is 43.7. The molecule has 3 aromatic rings. The molecule has 4 fully saturated rings. The Bertz CT molecular complexity index is 1540. The highest BCUT2D eigenvalue weighted by atomic mass is 32.2. The number of aliphatic hydroxyl groups is 1. The summed E-state index contributed by atoms with van der Waals surface area (Å²) in [6.45, 7) is 0. The van der Waals surface area contributed by atoms with Crippen molar-refractivity contribution in [3.05, 3.63) is 71.9 Å². The molecular formula is C30H30FN3O3S. The van der Waals surface area contributed by atoms with Gasteiger partial charge in [0.2, 0.25) is 0 Å². The zero-order valence-electron chi connectivity index (χ0n) is 21.0. The fourth-order valence-electron chi connectivity index (χ4n) is 8.65. The lowest BCUT2D eigenvalue weighted by Crippen LogP contribution is -2.56. The molecule has 2 aromatic carbocycles. The van der Waals surface area contributed by atoms with Gasteiger partial charge in [-0.2, -0.15) is 5.26 Å². The predicted molar refractivity (Wildman–Crippen MR) is 139 cm³/mol. The van der Waals surface area contributed by atoms with Gasteiger partial charge in [0.05, 0.1) is 52.6 Å². The van der Waals surface area contributed by atoms with E-state index in [-0.39, 0.29) is 45.7 Å². The molecule has 4 unspecified atom stereocenters. The van der Waals surface area contributed by atoms with Crippen molar-refractivity contribution < 1.29 is 17.9 Å². The second kappa shape index (κ2) is 8.49. The fraction of sp³-hybridized carbons (Fsp3) is 0.467. The molecule has 0 saturated heterocycles. The number of nitriles is 1. The number of sulfone groups is 1. The number of hydrogen-bond donors (Lipinski definition) is 1. The van der Waals surface area contributed by atoms with Crippen LogP contribution in [0.1, 0.15) is 55.7 Å². The van der Waals surface area contributed by atoms with Crippen LogP contribution >= 0.6 is 0 Å². The highest BCUT2D eigenvalue weighted by molar-refractivity contribution is 7.91. The summed E-state index contributed by atoms with van der Waals surface area (Å²) in [5, 5.41) is 20.8. The molecule has 0 spiro atoms. The van der Waals surface area contributed by atoms with Crippen molar-refractivity contribution in [1.29, 1.82) is 5.26 Å². The molecule has 38 heavy (non-hydrogen) atoms. The Balaban J connectivity index is 1.13. The van der Waals surface area contributed by atoms with Gasteiger partial charge in [0, 0.05) is 11.1 Å². The maximum absolute atomic E-state index is 15.0. The van der Waals surface area contributed by atoms with Crippen LogP contribution in [0.25, 0.3) is 11.3 Å². The lowest BCUT2D eigenvalue weighted by molar-refractivity contribution is -0.146. The largest absolute Gasteiger partial charge is 0.392 e. The van der Waals surface area contributed by atoms with Gasteiger partial charge in [0.25, 0.3) is 0 Å². The quantitative estimate of drug-likeness (QED) is 0.476. The van der Waals surface area contributed by atoms with Crippen LogP contribution < -0.4 is 0 Å². The van der Waals surface area contributed by atoms with Crippen molar-refractivity contribution in [2.45, 2.75) is 55.6 Å². The van der Waals surface area contributed by atoms with Crippen LogP contribution in [0.2, 0.25) is 0 Å². The van der Waals surface area contributed by atoms with Gasteiger partial charge >= 0.3 is 0 Å². The zero-order valence-corrected chi connectivity index (χ0v) is 21.8. The predicted octanol–water partition coefficient (Wildman–Crippen LogP) is 5.13. The molecule has 1 aromatic heterocycles. The molecule has 0 amide bonds. The Hall–Kier alpha value is -3.02. The zero-order chi connectivity index (χ0) is 26.2. The molecule has 8 heteroatoms. The van der Waals surface area contributed by atoms with Crippen LogP contribution in [0.5, 0.6) is 0 Å². The van der Waals surface area contributed by atoms with Crippen molar-refractivity contribution in [1.82, 2.24) is 9.55 Å². The van der Waals surface area contributed by atoms with E-state index in [1.165, 1.54) is 18.2 Å². The average Bonchev–Trinajstić information content (AvgIpc) is 3.49. The van der Waals surface area contributed by atoms with E-state index >= 15 is 0 Å². The normalized spacial score (nSPS) is 31.6. The van der Waals surface area contributed by atoms with Gasteiger partial charge < -0.3 is 9.67 Å². The Kier molecular flexibility index (Phi) is 5.37. The molecule has 4 aliphatic carbocycles. The third-order valence-electron chi connectivity index (χ3n) is 10.1. The number of hydrogen-bond acceptors (Lipinski definition) is 5. The lowest BCUT2D eigenvalue weighted by Gasteiger charge is -2.61. The maximum atomic E-state index is 15.0. The molecule has 4 saturated carbocycles. The van der Waals surface area contributed by atoms with Crippen molar-refractivity contribution >= 4 is 9.84 Å². The van der Waals surface area contributed by atoms with Gasteiger partial charge in [0.1, 0.15) is 5.82 Å². The van der Waals surface area contributed by atoms with Gasteiger partial charge in [-0.25, -0.2) is 17.8 Å². The van der Waals surface area contributed by atoms with Crippen molar-refractivity contribution in [2.24, 2.45) is 29.1 Å². The van der Waals surface area contributed by atoms with Crippen LogP contribution in [0, 0.1) is 46.2 Å². The Morgan fingerprint density at radius 2 is 1.87 bits per heavy atom. The number of aliphatic hydroxyl groups excluding tert-OH is 1. The van der Waals surface area contributed by atoms with E-state index in [1.54, 1.807) is 30.7 Å². The first-order valence-corrected chi connectivity index (χ1v) is 15.1. The summed E-state index contributed by atoms with van der Waals surface area (Å²) in [4.78, 5) is 4.56. The summed E-state index contributed by atoms with van der Waals surface area (Å²) in [6, 6.07) is 13.1. The first kappa shape index (κ1) is 24.1. The van der Waals surface area contributed by atoms with E-state index in [0.717, 1.165) is 43.4 Å². The summed E-state index contributed by atoms with van der Waals surface area (Å²) in [6.07, 6.45) is 7.96. The van der Waals surface area contributed by atoms with Gasteiger partial charge in [-0.1, -0.05) is 12.1 Å². The molecule has 1 aliphatic heterocycles. The Labute approximate surface area is 222 Å². The van der Waals surface area contributed by atoms with E-state index in [4.69, 9.17) is 5.26 Å². The lowest BCUT2D eigenvalue weighted by atomic mass is 9.45. The Morgan fingerprint density at radius 3 is 2.58 bits per heavy atom. The minimum atomic E-state index is -3.48. The average molecular weight is 532 g/mol. The topological polar surface area (TPSA) is 96.0 Å². The number of aromatic nitrogens is 2. The Morgan fingerprint density at radius 1 is 1.13 bits per heavy atom. The van der Waals surface area contributed by atoms with E-state index in [1.807, 2.05) is 16.7 Å². The van der Waals surface area contributed by atoms with Crippen LogP contribution in [0.15, 0.2) is 59.9 Å². The molecule has 4 bridgehead atoms. The summed E-state index contributed by atoms with van der Waals surface area (Å²) in [7, 11) is -3.48. The van der Waals surface area contributed by atoms with Gasteiger partial charge in [-0.3, -0.25) is 0 Å². The van der Waals surface area contributed by atoms with Gasteiger partial charge in [-0.15, -0.1) is 0 Å². The summed E-state index contributed by atoms with van der Waals surface area (Å²) in [5.74, 6) is 0.986. The van der Waals surface area contributed by atoms with Gasteiger partial charge in [-0.05, 0) is 97.9 Å². The SMILES string of the molecule is N#Cc1ccc(S(=O)(=O)CC2C3CC4CC2CC(C(O)CC2c5c(F)cccc5-c5cncn52)(C4)C3)cc1. The van der Waals surface area contributed by atoms with Crippen molar-refractivity contribution in [3.8, 4) is 17.3 Å².